The molecule has 1 heterocycles. The van der Waals surface area contributed by atoms with Crippen LogP contribution in [0.25, 0.3) is 16.5 Å². The number of nitrogens with zero attached hydrogens (tertiary/aromatic N) is 4. The molecular formula is C21H19N5O2S. The summed E-state index contributed by atoms with van der Waals surface area (Å²) in [6.45, 7) is 2.53. The summed E-state index contributed by atoms with van der Waals surface area (Å²) in [4.78, 5) is 12.3. The van der Waals surface area contributed by atoms with Crippen LogP contribution in [0.5, 0.6) is 5.75 Å². The van der Waals surface area contributed by atoms with E-state index >= 15 is 0 Å². The lowest BCUT2D eigenvalue weighted by Crippen LogP contribution is -2.14. The van der Waals surface area contributed by atoms with Crippen LogP contribution in [0.2, 0.25) is 0 Å². The molecule has 0 aliphatic carbocycles. The summed E-state index contributed by atoms with van der Waals surface area (Å²) in [6.07, 6.45) is 0. The number of amides is 1. The van der Waals surface area contributed by atoms with Crippen molar-refractivity contribution in [2.75, 3.05) is 17.7 Å². The first-order valence-electron chi connectivity index (χ1n) is 9.16. The maximum atomic E-state index is 12.3. The van der Waals surface area contributed by atoms with Gasteiger partial charge in [0.05, 0.1) is 18.0 Å². The maximum Gasteiger partial charge on any atom is 0.234 e. The number of anilines is 1. The summed E-state index contributed by atoms with van der Waals surface area (Å²) in [5, 5.41) is 17.6. The molecule has 0 spiro atoms. The average molecular weight is 405 g/mol. The number of carbonyl (C=O) groups excluding carboxylic acids is 1. The van der Waals surface area contributed by atoms with Gasteiger partial charge in [0.2, 0.25) is 11.1 Å². The Bertz CT molecular complexity index is 1120. The van der Waals surface area contributed by atoms with Gasteiger partial charge in [-0.25, -0.2) is 0 Å². The van der Waals surface area contributed by atoms with E-state index in [-0.39, 0.29) is 11.7 Å². The van der Waals surface area contributed by atoms with E-state index in [2.05, 4.69) is 20.8 Å². The van der Waals surface area contributed by atoms with E-state index in [0.29, 0.717) is 17.5 Å². The van der Waals surface area contributed by atoms with Crippen molar-refractivity contribution in [2.24, 2.45) is 0 Å². The molecule has 1 aromatic heterocycles. The highest BCUT2D eigenvalue weighted by atomic mass is 32.2. The first-order valence-corrected chi connectivity index (χ1v) is 10.1. The van der Waals surface area contributed by atoms with E-state index in [0.717, 1.165) is 22.2 Å². The van der Waals surface area contributed by atoms with Crippen LogP contribution < -0.4 is 10.1 Å². The normalized spacial score (nSPS) is 10.8. The fourth-order valence-corrected chi connectivity index (χ4v) is 3.63. The Kier molecular flexibility index (Phi) is 5.71. The van der Waals surface area contributed by atoms with Gasteiger partial charge < -0.3 is 10.1 Å². The summed E-state index contributed by atoms with van der Waals surface area (Å²) in [6, 6.07) is 21.3. The van der Waals surface area contributed by atoms with Crippen molar-refractivity contribution in [1.29, 1.82) is 0 Å². The molecule has 0 radical (unpaired) electrons. The minimum Gasteiger partial charge on any atom is -0.494 e. The van der Waals surface area contributed by atoms with Gasteiger partial charge in [-0.15, -0.1) is 5.10 Å². The molecule has 4 aromatic rings. The van der Waals surface area contributed by atoms with Crippen molar-refractivity contribution < 1.29 is 9.53 Å². The fourth-order valence-electron chi connectivity index (χ4n) is 2.94. The third-order valence-corrected chi connectivity index (χ3v) is 5.14. The minimum atomic E-state index is -0.133. The van der Waals surface area contributed by atoms with Crippen LogP contribution in [0.3, 0.4) is 0 Å². The zero-order valence-corrected chi connectivity index (χ0v) is 16.6. The van der Waals surface area contributed by atoms with Gasteiger partial charge in [0.1, 0.15) is 5.75 Å². The molecule has 0 saturated heterocycles. The topological polar surface area (TPSA) is 81.9 Å². The fraction of sp³-hybridized carbons (Fsp3) is 0.143. The second kappa shape index (κ2) is 8.74. The van der Waals surface area contributed by atoms with Gasteiger partial charge in [-0.05, 0) is 53.1 Å². The van der Waals surface area contributed by atoms with Crippen molar-refractivity contribution in [3.63, 3.8) is 0 Å². The smallest absolute Gasteiger partial charge is 0.234 e. The Balaban J connectivity index is 1.45. The highest BCUT2D eigenvalue weighted by Gasteiger charge is 2.13. The molecule has 0 aliphatic heterocycles. The maximum absolute atomic E-state index is 12.3. The van der Waals surface area contributed by atoms with Gasteiger partial charge in [-0.1, -0.05) is 48.2 Å². The Morgan fingerprint density at radius 1 is 1.07 bits per heavy atom. The number of hydrogen-bond acceptors (Lipinski definition) is 6. The van der Waals surface area contributed by atoms with Crippen LogP contribution in [0.15, 0.2) is 71.9 Å². The van der Waals surface area contributed by atoms with Gasteiger partial charge in [0.25, 0.3) is 0 Å². The van der Waals surface area contributed by atoms with E-state index in [1.807, 2.05) is 73.7 Å². The summed E-state index contributed by atoms with van der Waals surface area (Å²) < 4.78 is 7.07. The summed E-state index contributed by atoms with van der Waals surface area (Å²) >= 11 is 1.29. The van der Waals surface area contributed by atoms with Gasteiger partial charge in [0, 0.05) is 11.1 Å². The van der Waals surface area contributed by atoms with E-state index in [9.17, 15) is 4.79 Å². The molecule has 0 fully saturated rings. The standard InChI is InChI=1S/C21H19N5O2S/c1-2-28-17-12-10-16(11-13-17)22-20(27)14-29-21-23-24-25-26(21)19-9-5-7-15-6-3-4-8-18(15)19/h3-13H,2,14H2,1H3,(H,22,27). The Labute approximate surface area is 172 Å². The highest BCUT2D eigenvalue weighted by molar-refractivity contribution is 7.99. The number of rotatable bonds is 7. The van der Waals surface area contributed by atoms with Gasteiger partial charge in [0.15, 0.2) is 0 Å². The summed E-state index contributed by atoms with van der Waals surface area (Å²) in [5.74, 6) is 0.832. The number of carbonyl (C=O) groups is 1. The zero-order valence-electron chi connectivity index (χ0n) is 15.8. The number of hydrogen-bond donors (Lipinski definition) is 1. The van der Waals surface area contributed by atoms with Gasteiger partial charge >= 0.3 is 0 Å². The van der Waals surface area contributed by atoms with E-state index in [4.69, 9.17) is 4.74 Å². The molecular weight excluding hydrogens is 386 g/mol. The molecule has 0 unspecified atom stereocenters. The predicted octanol–water partition coefficient (Wildman–Crippen LogP) is 3.95. The molecule has 0 bridgehead atoms. The van der Waals surface area contributed by atoms with Crippen LogP contribution >= 0.6 is 11.8 Å². The van der Waals surface area contributed by atoms with Crippen molar-refractivity contribution in [3.8, 4) is 11.4 Å². The van der Waals surface area contributed by atoms with Crippen LogP contribution in [0.4, 0.5) is 5.69 Å². The molecule has 7 nitrogen and oxygen atoms in total. The molecule has 146 valence electrons. The van der Waals surface area contributed by atoms with Crippen molar-refractivity contribution in [1.82, 2.24) is 20.2 Å². The van der Waals surface area contributed by atoms with Crippen LogP contribution in [-0.4, -0.2) is 38.5 Å². The number of tetrazole rings is 1. The molecule has 1 amide bonds. The van der Waals surface area contributed by atoms with Crippen LogP contribution in [0.1, 0.15) is 6.92 Å². The molecule has 3 aromatic carbocycles. The monoisotopic (exact) mass is 405 g/mol. The number of benzene rings is 3. The van der Waals surface area contributed by atoms with Crippen molar-refractivity contribution >= 4 is 34.1 Å². The predicted molar refractivity (Wildman–Crippen MR) is 114 cm³/mol. The average Bonchev–Trinajstić information content (AvgIpc) is 3.22. The molecule has 0 atom stereocenters. The third kappa shape index (κ3) is 4.38. The SMILES string of the molecule is CCOc1ccc(NC(=O)CSc2nnnn2-c2cccc3ccccc23)cc1. The molecule has 8 heteroatoms. The second-order valence-corrected chi connectivity index (χ2v) is 7.11. The van der Waals surface area contributed by atoms with E-state index < -0.39 is 0 Å². The quantitative estimate of drug-likeness (QED) is 0.469. The first kappa shape index (κ1) is 18.9. The largest absolute Gasteiger partial charge is 0.494 e. The molecule has 29 heavy (non-hydrogen) atoms. The lowest BCUT2D eigenvalue weighted by Gasteiger charge is -2.09. The lowest BCUT2D eigenvalue weighted by molar-refractivity contribution is -0.113. The van der Waals surface area contributed by atoms with Crippen LogP contribution in [0, 0.1) is 0 Å². The second-order valence-electron chi connectivity index (χ2n) is 6.17. The van der Waals surface area contributed by atoms with E-state index in [1.165, 1.54) is 11.8 Å². The summed E-state index contributed by atoms with van der Waals surface area (Å²) in [7, 11) is 0. The summed E-state index contributed by atoms with van der Waals surface area (Å²) in [5.41, 5.74) is 1.59. The van der Waals surface area contributed by atoms with Crippen molar-refractivity contribution in [2.45, 2.75) is 12.1 Å². The van der Waals surface area contributed by atoms with Gasteiger partial charge in [-0.2, -0.15) is 4.68 Å². The first-order chi connectivity index (χ1) is 14.2. The van der Waals surface area contributed by atoms with Crippen molar-refractivity contribution in [3.05, 3.63) is 66.7 Å². The molecule has 0 aliphatic rings. The number of ether oxygens (including phenoxy) is 1. The number of nitrogens with one attached hydrogen (secondary N) is 1. The molecule has 0 saturated carbocycles. The Morgan fingerprint density at radius 2 is 1.86 bits per heavy atom. The van der Waals surface area contributed by atoms with Gasteiger partial charge in [-0.3, -0.25) is 4.79 Å². The Morgan fingerprint density at radius 3 is 2.69 bits per heavy atom. The van der Waals surface area contributed by atoms with E-state index in [1.54, 1.807) is 4.68 Å². The zero-order chi connectivity index (χ0) is 20.1. The number of fused-ring (bicyclic) bond motifs is 1. The Hall–Kier alpha value is -3.39. The van der Waals surface area contributed by atoms with Crippen LogP contribution in [-0.2, 0) is 4.79 Å². The number of thioether (sulfide) groups is 1. The third-order valence-electron chi connectivity index (χ3n) is 4.22. The molecule has 4 rings (SSSR count). The minimum absolute atomic E-state index is 0.133. The number of aromatic nitrogens is 4. The molecule has 1 N–H and O–H groups in total. The highest BCUT2D eigenvalue weighted by Crippen LogP contribution is 2.25. The lowest BCUT2D eigenvalue weighted by atomic mass is 10.1.